The number of aromatic nitrogens is 1. The van der Waals surface area contributed by atoms with Crippen LogP contribution in [0.1, 0.15) is 16.9 Å². The predicted octanol–water partition coefficient (Wildman–Crippen LogP) is 1.43. The Kier molecular flexibility index (Phi) is 6.23. The number of nitrogens with two attached hydrogens (primary N) is 1. The number of nitrogen functional groups attached to an aromatic ring is 1. The quantitative estimate of drug-likeness (QED) is 0.679. The maximum atomic E-state index is 12.3. The van der Waals surface area contributed by atoms with E-state index >= 15 is 0 Å². The highest BCUT2D eigenvalue weighted by molar-refractivity contribution is 7.91. The molecule has 2 aromatic rings. The summed E-state index contributed by atoms with van der Waals surface area (Å²) in [4.78, 5) is 30.8. The number of hydrogen-bond acceptors (Lipinski definition) is 8. The molecule has 1 atom stereocenters. The minimum absolute atomic E-state index is 0.0487. The molecule has 0 radical (unpaired) electrons. The van der Waals surface area contributed by atoms with Gasteiger partial charge in [0.15, 0.2) is 21.6 Å². The molecule has 2 heterocycles. The molecule has 29 heavy (non-hydrogen) atoms. The van der Waals surface area contributed by atoms with Crippen LogP contribution in [-0.2, 0) is 30.6 Å². The van der Waals surface area contributed by atoms with Crippen LogP contribution in [0, 0.1) is 6.92 Å². The minimum Gasteiger partial charge on any atom is -0.455 e. The normalized spacial score (nSPS) is 17.8. The molecule has 8 nitrogen and oxygen atoms in total. The molecule has 1 amide bonds. The summed E-state index contributed by atoms with van der Waals surface area (Å²) in [7, 11) is -1.57. The van der Waals surface area contributed by atoms with E-state index in [-0.39, 0.29) is 24.0 Å². The zero-order valence-electron chi connectivity index (χ0n) is 16.3. The number of esters is 1. The summed E-state index contributed by atoms with van der Waals surface area (Å²) in [5.41, 5.74) is 8.41. The van der Waals surface area contributed by atoms with Gasteiger partial charge in [-0.3, -0.25) is 9.59 Å². The predicted molar refractivity (Wildman–Crippen MR) is 111 cm³/mol. The number of thiazole rings is 1. The molecule has 1 aromatic carbocycles. The van der Waals surface area contributed by atoms with Gasteiger partial charge in [0, 0.05) is 23.5 Å². The first-order valence-corrected chi connectivity index (χ1v) is 11.7. The summed E-state index contributed by atoms with van der Waals surface area (Å²) in [6.07, 6.45) is 0.353. The second kappa shape index (κ2) is 8.50. The van der Waals surface area contributed by atoms with Crippen LogP contribution in [0.3, 0.4) is 0 Å². The van der Waals surface area contributed by atoms with E-state index in [1.54, 1.807) is 0 Å². The molecule has 0 aliphatic carbocycles. The summed E-state index contributed by atoms with van der Waals surface area (Å²) in [5, 5.41) is 0.349. The van der Waals surface area contributed by atoms with Crippen LogP contribution in [0.15, 0.2) is 24.3 Å². The third kappa shape index (κ3) is 5.33. The monoisotopic (exact) mass is 437 g/mol. The summed E-state index contributed by atoms with van der Waals surface area (Å²) in [5.74, 6) is -0.974. The first-order chi connectivity index (χ1) is 13.6. The lowest BCUT2D eigenvalue weighted by Crippen LogP contribution is -2.40. The van der Waals surface area contributed by atoms with Gasteiger partial charge in [-0.25, -0.2) is 13.4 Å². The average Bonchev–Trinajstić information content (AvgIpc) is 3.21. The smallest absolute Gasteiger partial charge is 0.311 e. The van der Waals surface area contributed by atoms with E-state index in [2.05, 4.69) is 4.98 Å². The van der Waals surface area contributed by atoms with Gasteiger partial charge in [0.2, 0.25) is 0 Å². The van der Waals surface area contributed by atoms with Crippen LogP contribution >= 0.6 is 11.3 Å². The van der Waals surface area contributed by atoms with Crippen LogP contribution in [0.2, 0.25) is 0 Å². The maximum absolute atomic E-state index is 12.3. The lowest BCUT2D eigenvalue weighted by atomic mass is 10.1. The van der Waals surface area contributed by atoms with Crippen molar-refractivity contribution in [3.63, 3.8) is 0 Å². The van der Waals surface area contributed by atoms with Gasteiger partial charge in [-0.05, 0) is 13.3 Å². The molecule has 10 heteroatoms. The Morgan fingerprint density at radius 3 is 2.62 bits per heavy atom. The highest BCUT2D eigenvalue weighted by atomic mass is 32.2. The molecule has 1 saturated heterocycles. The second-order valence-electron chi connectivity index (χ2n) is 7.09. The van der Waals surface area contributed by atoms with Gasteiger partial charge in [-0.2, -0.15) is 0 Å². The Labute approximate surface area is 173 Å². The Hall–Kier alpha value is -2.46. The zero-order valence-corrected chi connectivity index (χ0v) is 17.9. The van der Waals surface area contributed by atoms with Gasteiger partial charge in [0.25, 0.3) is 5.91 Å². The standard InChI is InChI=1S/C19H23N3O5S2/c1-12-3-5-13(6-4-12)18-15(28-19(20)21-18)9-17(24)27-10-16(23)22(2)14-7-8-29(25,26)11-14/h3-6,14H,7-11H2,1-2H3,(H2,20,21)/t14-/m0/s1. The van der Waals surface area contributed by atoms with E-state index in [9.17, 15) is 18.0 Å². The largest absolute Gasteiger partial charge is 0.455 e. The number of benzene rings is 1. The molecular formula is C19H23N3O5S2. The van der Waals surface area contributed by atoms with Gasteiger partial charge in [0.05, 0.1) is 23.6 Å². The molecule has 156 valence electrons. The van der Waals surface area contributed by atoms with Crippen molar-refractivity contribution >= 4 is 38.2 Å². The van der Waals surface area contributed by atoms with Crippen LogP contribution in [0.4, 0.5) is 5.13 Å². The molecule has 0 saturated carbocycles. The van der Waals surface area contributed by atoms with Crippen molar-refractivity contribution in [3.05, 3.63) is 34.7 Å². The van der Waals surface area contributed by atoms with E-state index in [0.29, 0.717) is 22.1 Å². The average molecular weight is 438 g/mol. The van der Waals surface area contributed by atoms with Gasteiger partial charge in [-0.1, -0.05) is 29.8 Å². The minimum atomic E-state index is -3.10. The summed E-state index contributed by atoms with van der Waals surface area (Å²) < 4.78 is 28.3. The molecule has 1 aliphatic heterocycles. The van der Waals surface area contributed by atoms with Crippen molar-refractivity contribution < 1.29 is 22.7 Å². The number of carbonyl (C=O) groups is 2. The first-order valence-electron chi connectivity index (χ1n) is 9.08. The number of rotatable bonds is 6. The van der Waals surface area contributed by atoms with E-state index in [0.717, 1.165) is 11.1 Å². The van der Waals surface area contributed by atoms with Crippen molar-refractivity contribution in [2.24, 2.45) is 0 Å². The number of hydrogen-bond donors (Lipinski definition) is 1. The molecule has 2 N–H and O–H groups in total. The van der Waals surface area contributed by atoms with E-state index < -0.39 is 28.3 Å². The number of likely N-dealkylation sites (N-methyl/N-ethyl adjacent to an activating group) is 1. The van der Waals surface area contributed by atoms with Crippen molar-refractivity contribution in [2.75, 3.05) is 30.9 Å². The number of aryl methyl sites for hydroxylation is 1. The first kappa shape index (κ1) is 21.3. The number of carbonyl (C=O) groups excluding carboxylic acids is 2. The SMILES string of the molecule is Cc1ccc(-c2nc(N)sc2CC(=O)OCC(=O)N(C)[C@H]2CCS(=O)(=O)C2)cc1. The van der Waals surface area contributed by atoms with Gasteiger partial charge >= 0.3 is 5.97 Å². The molecule has 0 spiro atoms. The highest BCUT2D eigenvalue weighted by Crippen LogP contribution is 2.30. The van der Waals surface area contributed by atoms with Crippen LogP contribution in [0.25, 0.3) is 11.3 Å². The fraction of sp³-hybridized carbons (Fsp3) is 0.421. The lowest BCUT2D eigenvalue weighted by Gasteiger charge is -2.23. The van der Waals surface area contributed by atoms with Crippen LogP contribution < -0.4 is 5.73 Å². The fourth-order valence-electron chi connectivity index (χ4n) is 3.14. The molecule has 0 unspecified atom stereocenters. The van der Waals surface area contributed by atoms with Crippen molar-refractivity contribution in [3.8, 4) is 11.3 Å². The highest BCUT2D eigenvalue weighted by Gasteiger charge is 2.33. The van der Waals surface area contributed by atoms with E-state index in [4.69, 9.17) is 10.5 Å². The second-order valence-corrected chi connectivity index (χ2v) is 10.4. The number of sulfone groups is 1. The Bertz CT molecular complexity index is 1010. The summed E-state index contributed by atoms with van der Waals surface area (Å²) in [6.45, 7) is 1.55. The number of amides is 1. The van der Waals surface area contributed by atoms with Gasteiger partial charge < -0.3 is 15.4 Å². The summed E-state index contributed by atoms with van der Waals surface area (Å²) in [6, 6.07) is 7.34. The van der Waals surface area contributed by atoms with Gasteiger partial charge in [0.1, 0.15) is 0 Å². The Morgan fingerprint density at radius 1 is 1.31 bits per heavy atom. The third-order valence-electron chi connectivity index (χ3n) is 4.85. The molecule has 1 aromatic heterocycles. The molecule has 3 rings (SSSR count). The Morgan fingerprint density at radius 2 is 2.00 bits per heavy atom. The van der Waals surface area contributed by atoms with E-state index in [1.165, 1.54) is 23.3 Å². The third-order valence-corrected chi connectivity index (χ3v) is 7.48. The van der Waals surface area contributed by atoms with Crippen molar-refractivity contribution in [2.45, 2.75) is 25.8 Å². The molecule has 1 aliphatic rings. The van der Waals surface area contributed by atoms with Crippen molar-refractivity contribution in [1.82, 2.24) is 9.88 Å². The van der Waals surface area contributed by atoms with Crippen LogP contribution in [0.5, 0.6) is 0 Å². The maximum Gasteiger partial charge on any atom is 0.311 e. The number of anilines is 1. The van der Waals surface area contributed by atoms with E-state index in [1.807, 2.05) is 31.2 Å². The lowest BCUT2D eigenvalue weighted by molar-refractivity contribution is -0.151. The summed E-state index contributed by atoms with van der Waals surface area (Å²) >= 11 is 1.21. The zero-order chi connectivity index (χ0) is 21.2. The van der Waals surface area contributed by atoms with Crippen molar-refractivity contribution in [1.29, 1.82) is 0 Å². The number of nitrogens with zero attached hydrogens (tertiary/aromatic N) is 2. The Balaban J connectivity index is 1.59. The topological polar surface area (TPSA) is 120 Å². The molecular weight excluding hydrogens is 414 g/mol. The van der Waals surface area contributed by atoms with Crippen LogP contribution in [-0.4, -0.2) is 61.4 Å². The van der Waals surface area contributed by atoms with Gasteiger partial charge in [-0.15, -0.1) is 11.3 Å². The molecule has 1 fully saturated rings. The number of ether oxygens (including phenoxy) is 1. The fourth-order valence-corrected chi connectivity index (χ4v) is 5.75. The molecule has 0 bridgehead atoms.